The predicted octanol–water partition coefficient (Wildman–Crippen LogP) is 3.61. The zero-order valence-corrected chi connectivity index (χ0v) is 18.6. The van der Waals surface area contributed by atoms with Gasteiger partial charge in [-0.3, -0.25) is 4.40 Å². The summed E-state index contributed by atoms with van der Waals surface area (Å²) in [5, 5.41) is 16.0. The Kier molecular flexibility index (Phi) is 4.83. The van der Waals surface area contributed by atoms with Crippen LogP contribution in [0.25, 0.3) is 16.9 Å². The molecule has 0 amide bonds. The lowest BCUT2D eigenvalue weighted by Gasteiger charge is -2.16. The topological polar surface area (TPSA) is 121 Å². The van der Waals surface area contributed by atoms with E-state index in [2.05, 4.69) is 60.1 Å². The average Bonchev–Trinajstić information content (AvgIpc) is 3.41. The van der Waals surface area contributed by atoms with E-state index in [1.165, 1.54) is 10.4 Å². The normalized spacial score (nSPS) is 15.3. The minimum atomic E-state index is -0.152. The fraction of sp³-hybridized carbons (Fsp3) is 0.208. The van der Waals surface area contributed by atoms with Crippen LogP contribution < -0.4 is 15.9 Å². The third-order valence-corrected chi connectivity index (χ3v) is 5.96. The van der Waals surface area contributed by atoms with Gasteiger partial charge in [0.15, 0.2) is 23.4 Å². The molecule has 0 fully saturated rings. The van der Waals surface area contributed by atoms with Gasteiger partial charge in [-0.2, -0.15) is 9.89 Å². The number of ether oxygens (including phenoxy) is 1. The highest BCUT2D eigenvalue weighted by Crippen LogP contribution is 2.32. The van der Waals surface area contributed by atoms with Crippen LogP contribution in [0, 0.1) is 6.92 Å². The third-order valence-electron chi connectivity index (χ3n) is 5.96. The van der Waals surface area contributed by atoms with E-state index < -0.39 is 0 Å². The first-order chi connectivity index (χ1) is 16.6. The van der Waals surface area contributed by atoms with E-state index in [1.807, 2.05) is 24.3 Å². The molecule has 170 valence electrons. The summed E-state index contributed by atoms with van der Waals surface area (Å²) in [6, 6.07) is 15.9. The quantitative estimate of drug-likeness (QED) is 0.387. The van der Waals surface area contributed by atoms with Crippen molar-refractivity contribution in [1.82, 2.24) is 34.5 Å². The number of nitrogens with two attached hydrogens (primary N) is 1. The number of hydrogen-bond donors (Lipinski definition) is 2. The van der Waals surface area contributed by atoms with Crippen molar-refractivity contribution in [3.8, 4) is 17.0 Å². The summed E-state index contributed by atoms with van der Waals surface area (Å²) in [5.74, 6) is 8.49. The van der Waals surface area contributed by atoms with Crippen LogP contribution in [0.1, 0.15) is 36.0 Å². The summed E-state index contributed by atoms with van der Waals surface area (Å²) in [7, 11) is 0. The Hall–Kier alpha value is -4.47. The van der Waals surface area contributed by atoms with Crippen LogP contribution in [0.15, 0.2) is 60.9 Å². The SMILES string of the molecule is Cc1ccc(OC2CCCc3cc(-c4ccnc(Nc5ccnn5N)n4)cc4nnc2n34)cc1. The molecule has 0 saturated heterocycles. The maximum Gasteiger partial charge on any atom is 0.228 e. The van der Waals surface area contributed by atoms with Gasteiger partial charge in [0, 0.05) is 23.5 Å². The van der Waals surface area contributed by atoms with Crippen LogP contribution in [0.3, 0.4) is 0 Å². The summed E-state index contributed by atoms with van der Waals surface area (Å²) in [5.41, 5.74) is 4.84. The highest BCUT2D eigenvalue weighted by molar-refractivity contribution is 5.66. The molecule has 4 aromatic heterocycles. The van der Waals surface area contributed by atoms with Gasteiger partial charge in [-0.25, -0.2) is 9.97 Å². The van der Waals surface area contributed by atoms with Crippen molar-refractivity contribution in [2.24, 2.45) is 0 Å². The van der Waals surface area contributed by atoms with E-state index in [1.54, 1.807) is 18.5 Å². The second kappa shape index (κ2) is 8.14. The lowest BCUT2D eigenvalue weighted by molar-refractivity contribution is 0.184. The lowest BCUT2D eigenvalue weighted by Crippen LogP contribution is -2.13. The molecule has 0 spiro atoms. The summed E-state index contributed by atoms with van der Waals surface area (Å²) in [6.45, 7) is 2.06. The van der Waals surface area contributed by atoms with E-state index in [0.717, 1.165) is 53.4 Å². The van der Waals surface area contributed by atoms with Gasteiger partial charge in [0.1, 0.15) is 5.75 Å². The van der Waals surface area contributed by atoms with Gasteiger partial charge < -0.3 is 15.9 Å². The Labute approximate surface area is 195 Å². The lowest BCUT2D eigenvalue weighted by atomic mass is 10.1. The smallest absolute Gasteiger partial charge is 0.228 e. The molecule has 1 aliphatic rings. The molecule has 34 heavy (non-hydrogen) atoms. The molecule has 6 rings (SSSR count). The highest BCUT2D eigenvalue weighted by atomic mass is 16.5. The number of aryl methyl sites for hydroxylation is 2. The second-order valence-corrected chi connectivity index (χ2v) is 8.35. The number of nitrogens with one attached hydrogen (secondary N) is 1. The van der Waals surface area contributed by atoms with Crippen LogP contribution in [0.4, 0.5) is 11.8 Å². The third kappa shape index (κ3) is 3.68. The Bertz CT molecular complexity index is 1470. The van der Waals surface area contributed by atoms with Gasteiger partial charge >= 0.3 is 0 Å². The van der Waals surface area contributed by atoms with E-state index >= 15 is 0 Å². The fourth-order valence-corrected chi connectivity index (χ4v) is 4.26. The predicted molar refractivity (Wildman–Crippen MR) is 127 cm³/mol. The number of nitrogens with zero attached hydrogens (tertiary/aromatic N) is 7. The first-order valence-corrected chi connectivity index (χ1v) is 11.1. The number of benzene rings is 1. The molecular formula is C24H23N9O. The monoisotopic (exact) mass is 453 g/mol. The van der Waals surface area contributed by atoms with Crippen LogP contribution in [-0.4, -0.2) is 34.5 Å². The Morgan fingerprint density at radius 2 is 1.94 bits per heavy atom. The van der Waals surface area contributed by atoms with Gasteiger partial charge in [0.05, 0.1) is 11.9 Å². The fourth-order valence-electron chi connectivity index (χ4n) is 4.26. The Balaban J connectivity index is 1.34. The van der Waals surface area contributed by atoms with E-state index in [-0.39, 0.29) is 6.10 Å². The highest BCUT2D eigenvalue weighted by Gasteiger charge is 2.25. The van der Waals surface area contributed by atoms with Crippen molar-refractivity contribution < 1.29 is 4.74 Å². The molecule has 1 unspecified atom stereocenters. The average molecular weight is 454 g/mol. The number of hydrogen-bond acceptors (Lipinski definition) is 8. The van der Waals surface area contributed by atoms with Crippen molar-refractivity contribution in [2.75, 3.05) is 11.2 Å². The molecular weight excluding hydrogens is 430 g/mol. The van der Waals surface area contributed by atoms with Gasteiger partial charge in [-0.15, -0.1) is 10.2 Å². The molecule has 0 aliphatic carbocycles. The maximum atomic E-state index is 6.32. The van der Waals surface area contributed by atoms with Crippen molar-refractivity contribution in [1.29, 1.82) is 0 Å². The molecule has 5 aromatic rings. The zero-order chi connectivity index (χ0) is 23.1. The zero-order valence-electron chi connectivity index (χ0n) is 18.6. The number of aromatic nitrogens is 7. The molecule has 0 radical (unpaired) electrons. The molecule has 10 heteroatoms. The number of nitrogen functional groups attached to an aromatic ring is 1. The number of anilines is 2. The van der Waals surface area contributed by atoms with Gasteiger partial charge in [-0.05, 0) is 56.5 Å². The van der Waals surface area contributed by atoms with Crippen molar-refractivity contribution in [3.63, 3.8) is 0 Å². The standard InChI is InChI=1S/C24H23N9O/c1-15-5-7-18(8-6-15)34-20-4-2-3-17-13-16(14-22-30-31-23(20)32(17)22)19-9-11-26-24(28-19)29-21-10-12-27-33(21)25/h5-14,20H,2-4,25H2,1H3,(H,26,28,29). The van der Waals surface area contributed by atoms with Gasteiger partial charge in [0.2, 0.25) is 5.95 Å². The number of pyridine rings is 1. The molecule has 0 bridgehead atoms. The molecule has 10 nitrogen and oxygen atoms in total. The van der Waals surface area contributed by atoms with Crippen molar-refractivity contribution in [2.45, 2.75) is 32.3 Å². The van der Waals surface area contributed by atoms with E-state index in [0.29, 0.717) is 11.8 Å². The second-order valence-electron chi connectivity index (χ2n) is 8.35. The molecule has 5 heterocycles. The maximum absolute atomic E-state index is 6.32. The molecule has 1 aliphatic heterocycles. The summed E-state index contributed by atoms with van der Waals surface area (Å²) in [6.07, 6.45) is 5.91. The van der Waals surface area contributed by atoms with Crippen LogP contribution in [0.2, 0.25) is 0 Å². The van der Waals surface area contributed by atoms with Crippen LogP contribution >= 0.6 is 0 Å². The minimum absolute atomic E-state index is 0.152. The Morgan fingerprint density at radius 3 is 2.76 bits per heavy atom. The molecule has 0 saturated carbocycles. The van der Waals surface area contributed by atoms with Crippen LogP contribution in [-0.2, 0) is 6.42 Å². The summed E-state index contributed by atoms with van der Waals surface area (Å²) >= 11 is 0. The first-order valence-electron chi connectivity index (χ1n) is 11.1. The van der Waals surface area contributed by atoms with Gasteiger partial charge in [-0.1, -0.05) is 17.7 Å². The summed E-state index contributed by atoms with van der Waals surface area (Å²) < 4.78 is 8.43. The first kappa shape index (κ1) is 20.2. The van der Waals surface area contributed by atoms with Gasteiger partial charge in [0.25, 0.3) is 0 Å². The van der Waals surface area contributed by atoms with Crippen molar-refractivity contribution in [3.05, 3.63) is 78.0 Å². The molecule has 1 aromatic carbocycles. The van der Waals surface area contributed by atoms with Crippen LogP contribution in [0.5, 0.6) is 5.75 Å². The van der Waals surface area contributed by atoms with E-state index in [9.17, 15) is 0 Å². The van der Waals surface area contributed by atoms with E-state index in [4.69, 9.17) is 10.6 Å². The molecule has 3 N–H and O–H groups in total. The minimum Gasteiger partial charge on any atom is -0.482 e. The largest absolute Gasteiger partial charge is 0.482 e. The number of rotatable bonds is 5. The summed E-state index contributed by atoms with van der Waals surface area (Å²) in [4.78, 5) is 10.2. The van der Waals surface area contributed by atoms with Crippen molar-refractivity contribution >= 4 is 17.4 Å². The Morgan fingerprint density at radius 1 is 1.06 bits per heavy atom. The molecule has 1 atom stereocenters.